The van der Waals surface area contributed by atoms with Gasteiger partial charge in [-0.3, -0.25) is 4.79 Å². The number of hydrogen-bond acceptors (Lipinski definition) is 3. The van der Waals surface area contributed by atoms with Crippen molar-refractivity contribution in [2.24, 2.45) is 11.7 Å². The van der Waals surface area contributed by atoms with E-state index in [0.717, 1.165) is 32.5 Å². The number of rotatable bonds is 4. The molecule has 2 unspecified atom stereocenters. The number of nitrogens with two attached hydrogens (primary N) is 1. The van der Waals surface area contributed by atoms with Gasteiger partial charge in [-0.05, 0) is 38.6 Å². The molecule has 4 heteroatoms. The Bertz CT molecular complexity index is 287. The molecule has 0 saturated carbocycles. The minimum Gasteiger partial charge on any atom is -0.339 e. The topological polar surface area (TPSA) is 49.6 Å². The fourth-order valence-corrected chi connectivity index (χ4v) is 3.22. The Morgan fingerprint density at radius 3 is 2.56 bits per heavy atom. The van der Waals surface area contributed by atoms with Crippen LogP contribution in [0.4, 0.5) is 0 Å². The molecule has 0 bridgehead atoms. The summed E-state index contributed by atoms with van der Waals surface area (Å²) in [6.45, 7) is 8.35. The van der Waals surface area contributed by atoms with E-state index in [0.29, 0.717) is 36.9 Å². The van der Waals surface area contributed by atoms with E-state index in [2.05, 4.69) is 23.6 Å². The van der Waals surface area contributed by atoms with Crippen LogP contribution >= 0.6 is 0 Å². The van der Waals surface area contributed by atoms with Gasteiger partial charge in [0.1, 0.15) is 0 Å². The molecule has 2 saturated heterocycles. The Morgan fingerprint density at radius 2 is 2.06 bits per heavy atom. The summed E-state index contributed by atoms with van der Waals surface area (Å²) in [5, 5.41) is 0. The van der Waals surface area contributed by atoms with Gasteiger partial charge in [-0.15, -0.1) is 0 Å². The van der Waals surface area contributed by atoms with Gasteiger partial charge < -0.3 is 15.5 Å². The molecule has 104 valence electrons. The SMILES string of the molecule is CCC(C)N1CCC(N2CC(CN)CC2=O)CC1. The second-order valence-electron chi connectivity index (χ2n) is 5.88. The van der Waals surface area contributed by atoms with E-state index in [4.69, 9.17) is 5.73 Å². The molecular formula is C14H27N3O. The highest BCUT2D eigenvalue weighted by Crippen LogP contribution is 2.25. The first-order valence-corrected chi connectivity index (χ1v) is 7.39. The average molecular weight is 253 g/mol. The van der Waals surface area contributed by atoms with Crippen LogP contribution in [0.25, 0.3) is 0 Å². The number of likely N-dealkylation sites (tertiary alicyclic amines) is 2. The van der Waals surface area contributed by atoms with E-state index in [1.165, 1.54) is 6.42 Å². The predicted molar refractivity (Wildman–Crippen MR) is 73.2 cm³/mol. The fourth-order valence-electron chi connectivity index (χ4n) is 3.22. The standard InChI is InChI=1S/C14H27N3O/c1-3-11(2)16-6-4-13(5-7-16)17-10-12(9-15)8-14(17)18/h11-13H,3-10,15H2,1-2H3. The van der Waals surface area contributed by atoms with E-state index in [1.54, 1.807) is 0 Å². The first-order chi connectivity index (χ1) is 8.65. The van der Waals surface area contributed by atoms with E-state index < -0.39 is 0 Å². The van der Waals surface area contributed by atoms with Crippen LogP contribution in [0.5, 0.6) is 0 Å². The lowest BCUT2D eigenvalue weighted by Crippen LogP contribution is -2.47. The molecule has 0 aliphatic carbocycles. The molecule has 2 fully saturated rings. The number of piperidine rings is 1. The molecule has 1 amide bonds. The van der Waals surface area contributed by atoms with Crippen LogP contribution in [0.15, 0.2) is 0 Å². The molecule has 2 aliphatic rings. The summed E-state index contributed by atoms with van der Waals surface area (Å²) >= 11 is 0. The average Bonchev–Trinajstić information content (AvgIpc) is 2.79. The van der Waals surface area contributed by atoms with Crippen molar-refractivity contribution in [3.05, 3.63) is 0 Å². The van der Waals surface area contributed by atoms with Crippen molar-refractivity contribution < 1.29 is 4.79 Å². The highest BCUT2D eigenvalue weighted by Gasteiger charge is 2.35. The van der Waals surface area contributed by atoms with Gasteiger partial charge in [-0.1, -0.05) is 6.92 Å². The van der Waals surface area contributed by atoms with Gasteiger partial charge in [-0.2, -0.15) is 0 Å². The van der Waals surface area contributed by atoms with Gasteiger partial charge in [0.15, 0.2) is 0 Å². The van der Waals surface area contributed by atoms with Crippen molar-refractivity contribution >= 4 is 5.91 Å². The molecular weight excluding hydrogens is 226 g/mol. The molecule has 2 rings (SSSR count). The highest BCUT2D eigenvalue weighted by atomic mass is 16.2. The number of carbonyl (C=O) groups is 1. The first-order valence-electron chi connectivity index (χ1n) is 7.39. The van der Waals surface area contributed by atoms with Crippen molar-refractivity contribution in [3.8, 4) is 0 Å². The van der Waals surface area contributed by atoms with Crippen molar-refractivity contribution in [1.82, 2.24) is 9.80 Å². The van der Waals surface area contributed by atoms with Crippen molar-refractivity contribution in [2.45, 2.75) is 51.6 Å². The quantitative estimate of drug-likeness (QED) is 0.815. The molecule has 0 aromatic carbocycles. The fraction of sp³-hybridized carbons (Fsp3) is 0.929. The van der Waals surface area contributed by atoms with Crippen LogP contribution in [0.3, 0.4) is 0 Å². The second-order valence-corrected chi connectivity index (χ2v) is 5.88. The molecule has 4 nitrogen and oxygen atoms in total. The normalized spacial score (nSPS) is 28.9. The smallest absolute Gasteiger partial charge is 0.223 e. The van der Waals surface area contributed by atoms with Gasteiger partial charge in [0.2, 0.25) is 5.91 Å². The van der Waals surface area contributed by atoms with E-state index in [9.17, 15) is 4.79 Å². The van der Waals surface area contributed by atoms with E-state index in [-0.39, 0.29) is 0 Å². The van der Waals surface area contributed by atoms with Gasteiger partial charge in [0, 0.05) is 38.1 Å². The van der Waals surface area contributed by atoms with Crippen LogP contribution in [0.1, 0.15) is 39.5 Å². The monoisotopic (exact) mass is 253 g/mol. The molecule has 2 N–H and O–H groups in total. The third kappa shape index (κ3) is 2.86. The lowest BCUT2D eigenvalue weighted by Gasteiger charge is -2.39. The molecule has 0 radical (unpaired) electrons. The highest BCUT2D eigenvalue weighted by molar-refractivity contribution is 5.79. The van der Waals surface area contributed by atoms with Gasteiger partial charge in [-0.25, -0.2) is 0 Å². The zero-order valence-corrected chi connectivity index (χ0v) is 11.8. The van der Waals surface area contributed by atoms with Gasteiger partial charge in [0.25, 0.3) is 0 Å². The first kappa shape index (κ1) is 13.8. The molecule has 0 spiro atoms. The summed E-state index contributed by atoms with van der Waals surface area (Å²) in [4.78, 5) is 16.6. The zero-order valence-electron chi connectivity index (χ0n) is 11.8. The summed E-state index contributed by atoms with van der Waals surface area (Å²) in [6, 6.07) is 1.14. The minimum absolute atomic E-state index is 0.326. The molecule has 2 atom stereocenters. The maximum absolute atomic E-state index is 12.0. The van der Waals surface area contributed by atoms with Crippen LogP contribution < -0.4 is 5.73 Å². The van der Waals surface area contributed by atoms with Crippen LogP contribution in [-0.2, 0) is 4.79 Å². The van der Waals surface area contributed by atoms with Crippen molar-refractivity contribution in [1.29, 1.82) is 0 Å². The Kier molecular flexibility index (Phi) is 4.62. The third-order valence-corrected chi connectivity index (χ3v) is 4.73. The zero-order chi connectivity index (χ0) is 13.1. The summed E-state index contributed by atoms with van der Waals surface area (Å²) in [5.41, 5.74) is 5.68. The molecule has 0 aromatic heterocycles. The summed E-state index contributed by atoms with van der Waals surface area (Å²) in [6.07, 6.45) is 4.14. The predicted octanol–water partition coefficient (Wildman–Crippen LogP) is 1.06. The Labute approximate surface area is 110 Å². The number of hydrogen-bond donors (Lipinski definition) is 1. The third-order valence-electron chi connectivity index (χ3n) is 4.73. The maximum atomic E-state index is 12.0. The van der Waals surface area contributed by atoms with Gasteiger partial charge in [0.05, 0.1) is 0 Å². The number of carbonyl (C=O) groups excluding carboxylic acids is 1. The minimum atomic E-state index is 0.326. The lowest BCUT2D eigenvalue weighted by molar-refractivity contribution is -0.130. The number of nitrogens with zero attached hydrogens (tertiary/aromatic N) is 2. The maximum Gasteiger partial charge on any atom is 0.223 e. The molecule has 0 aromatic rings. The molecule has 2 heterocycles. The summed E-state index contributed by atoms with van der Waals surface area (Å²) in [5.74, 6) is 0.720. The van der Waals surface area contributed by atoms with Crippen LogP contribution in [0.2, 0.25) is 0 Å². The summed E-state index contributed by atoms with van der Waals surface area (Å²) < 4.78 is 0. The van der Waals surface area contributed by atoms with Crippen LogP contribution in [0, 0.1) is 5.92 Å². The van der Waals surface area contributed by atoms with Crippen LogP contribution in [-0.4, -0.2) is 54.0 Å². The van der Waals surface area contributed by atoms with Gasteiger partial charge >= 0.3 is 0 Å². The van der Waals surface area contributed by atoms with Crippen molar-refractivity contribution in [2.75, 3.05) is 26.2 Å². The Hall–Kier alpha value is -0.610. The Morgan fingerprint density at radius 1 is 1.39 bits per heavy atom. The lowest BCUT2D eigenvalue weighted by atomic mass is 10.0. The number of amides is 1. The molecule has 2 aliphatic heterocycles. The van der Waals surface area contributed by atoms with Crippen molar-refractivity contribution in [3.63, 3.8) is 0 Å². The largest absolute Gasteiger partial charge is 0.339 e. The Balaban J connectivity index is 1.84. The van der Waals surface area contributed by atoms with E-state index in [1.807, 2.05) is 0 Å². The molecule has 18 heavy (non-hydrogen) atoms. The van der Waals surface area contributed by atoms with E-state index >= 15 is 0 Å². The summed E-state index contributed by atoms with van der Waals surface area (Å²) in [7, 11) is 0. The second kappa shape index (κ2) is 6.02.